The minimum absolute atomic E-state index is 0.483. The lowest BCUT2D eigenvalue weighted by Crippen LogP contribution is -2.12. The van der Waals surface area contributed by atoms with Crippen LogP contribution < -0.4 is 19.5 Å². The molecule has 0 aromatic heterocycles. The quantitative estimate of drug-likeness (QED) is 0.757. The van der Waals surface area contributed by atoms with Gasteiger partial charge in [-0.1, -0.05) is 12.1 Å². The number of rotatable bonds is 8. The molecule has 2 aromatic rings. The van der Waals surface area contributed by atoms with Crippen molar-refractivity contribution in [3.63, 3.8) is 0 Å². The third-order valence-electron chi connectivity index (χ3n) is 3.73. The van der Waals surface area contributed by atoms with Crippen molar-refractivity contribution >= 4 is 0 Å². The molecule has 1 N–H and O–H groups in total. The topological polar surface area (TPSA) is 39.7 Å². The Morgan fingerprint density at radius 1 is 0.870 bits per heavy atom. The van der Waals surface area contributed by atoms with Crippen LogP contribution >= 0.6 is 0 Å². The lowest BCUT2D eigenvalue weighted by Gasteiger charge is -2.14. The summed E-state index contributed by atoms with van der Waals surface area (Å²) in [5.74, 6) is 2.48. The highest BCUT2D eigenvalue weighted by Gasteiger charge is 2.06. The number of nitrogens with one attached hydrogen (secondary N) is 1. The molecule has 0 aliphatic heterocycles. The monoisotopic (exact) mass is 315 g/mol. The van der Waals surface area contributed by atoms with Crippen LogP contribution in [0.5, 0.6) is 17.2 Å². The largest absolute Gasteiger partial charge is 0.497 e. The normalized spacial score (nSPS) is 10.4. The van der Waals surface area contributed by atoms with Crippen molar-refractivity contribution < 1.29 is 14.2 Å². The molecule has 0 unspecified atom stereocenters. The average molecular weight is 315 g/mol. The van der Waals surface area contributed by atoms with Crippen LogP contribution in [-0.4, -0.2) is 27.4 Å². The Balaban J connectivity index is 1.91. The van der Waals surface area contributed by atoms with Crippen molar-refractivity contribution in [2.24, 2.45) is 0 Å². The van der Waals surface area contributed by atoms with E-state index in [-0.39, 0.29) is 0 Å². The van der Waals surface area contributed by atoms with Gasteiger partial charge in [0.25, 0.3) is 0 Å². The number of ether oxygens (including phenoxy) is 3. The maximum Gasteiger partial charge on any atom is 0.127 e. The van der Waals surface area contributed by atoms with E-state index < -0.39 is 0 Å². The molecule has 0 aliphatic carbocycles. The van der Waals surface area contributed by atoms with E-state index in [2.05, 4.69) is 25.2 Å². The molecule has 0 aliphatic rings. The smallest absolute Gasteiger partial charge is 0.127 e. The molecule has 23 heavy (non-hydrogen) atoms. The van der Waals surface area contributed by atoms with Crippen LogP contribution in [0.1, 0.15) is 16.7 Å². The second-order valence-corrected chi connectivity index (χ2v) is 5.45. The zero-order valence-electron chi connectivity index (χ0n) is 14.3. The fourth-order valence-electron chi connectivity index (χ4n) is 2.25. The molecule has 0 saturated carbocycles. The van der Waals surface area contributed by atoms with E-state index in [1.165, 1.54) is 11.1 Å². The van der Waals surface area contributed by atoms with Crippen LogP contribution in [0.25, 0.3) is 0 Å². The summed E-state index contributed by atoms with van der Waals surface area (Å²) in [6.07, 6.45) is 0. The molecule has 4 nitrogen and oxygen atoms in total. The van der Waals surface area contributed by atoms with E-state index in [9.17, 15) is 0 Å². The second-order valence-electron chi connectivity index (χ2n) is 5.45. The first-order valence-electron chi connectivity index (χ1n) is 7.78. The summed E-state index contributed by atoms with van der Waals surface area (Å²) in [5.41, 5.74) is 3.59. The Morgan fingerprint density at radius 3 is 2.30 bits per heavy atom. The van der Waals surface area contributed by atoms with Gasteiger partial charge in [-0.15, -0.1) is 0 Å². The zero-order valence-corrected chi connectivity index (χ0v) is 14.3. The van der Waals surface area contributed by atoms with Gasteiger partial charge < -0.3 is 19.5 Å². The van der Waals surface area contributed by atoms with E-state index in [0.717, 1.165) is 29.4 Å². The fraction of sp³-hybridized carbons (Fsp3) is 0.368. The van der Waals surface area contributed by atoms with Crippen LogP contribution in [0, 0.1) is 13.8 Å². The highest BCUT2D eigenvalue weighted by Crippen LogP contribution is 2.25. The first-order chi connectivity index (χ1) is 11.1. The Bertz CT molecular complexity index is 641. The highest BCUT2D eigenvalue weighted by molar-refractivity contribution is 5.40. The van der Waals surface area contributed by atoms with Gasteiger partial charge in [-0.3, -0.25) is 0 Å². The summed E-state index contributed by atoms with van der Waals surface area (Å²) < 4.78 is 16.9. The minimum Gasteiger partial charge on any atom is -0.497 e. The van der Waals surface area contributed by atoms with Crippen molar-refractivity contribution in [2.75, 3.05) is 27.4 Å². The van der Waals surface area contributed by atoms with Crippen molar-refractivity contribution in [1.82, 2.24) is 5.32 Å². The fourth-order valence-corrected chi connectivity index (χ4v) is 2.25. The molecule has 0 heterocycles. The third-order valence-corrected chi connectivity index (χ3v) is 3.73. The van der Waals surface area contributed by atoms with Gasteiger partial charge in [0.15, 0.2) is 0 Å². The van der Waals surface area contributed by atoms with E-state index in [0.29, 0.717) is 13.2 Å². The number of aryl methyl sites for hydroxylation is 2. The molecule has 0 radical (unpaired) electrons. The number of benzene rings is 2. The molecular formula is C19H25NO3. The van der Waals surface area contributed by atoms with Crippen molar-refractivity contribution in [3.8, 4) is 17.2 Å². The summed E-state index contributed by atoms with van der Waals surface area (Å²) in [7, 11) is 3.57. The maximum absolute atomic E-state index is 5.86. The minimum atomic E-state index is 0.483. The molecule has 2 rings (SSSR count). The molecule has 0 atom stereocenters. The molecule has 124 valence electrons. The van der Waals surface area contributed by atoms with Gasteiger partial charge >= 0.3 is 0 Å². The first-order valence-corrected chi connectivity index (χ1v) is 7.78. The Kier molecular flexibility index (Phi) is 6.29. The zero-order chi connectivity index (χ0) is 16.7. The van der Waals surface area contributed by atoms with Crippen LogP contribution in [0.2, 0.25) is 0 Å². The molecule has 0 bridgehead atoms. The lowest BCUT2D eigenvalue weighted by atomic mass is 10.1. The summed E-state index contributed by atoms with van der Waals surface area (Å²) in [6, 6.07) is 12.0. The first kappa shape index (κ1) is 17.2. The van der Waals surface area contributed by atoms with Crippen LogP contribution in [-0.2, 0) is 6.54 Å². The average Bonchev–Trinajstić information content (AvgIpc) is 2.56. The van der Waals surface area contributed by atoms with Gasteiger partial charge in [0.1, 0.15) is 30.5 Å². The molecule has 0 amide bonds. The summed E-state index contributed by atoms with van der Waals surface area (Å²) >= 11 is 0. The summed E-state index contributed by atoms with van der Waals surface area (Å²) in [5, 5.41) is 3.14. The van der Waals surface area contributed by atoms with Crippen molar-refractivity contribution in [1.29, 1.82) is 0 Å². The molecule has 4 heteroatoms. The third kappa shape index (κ3) is 4.89. The SMILES string of the molecule is CNCc1ccc(OC)cc1OCCOc1ccc(C)c(C)c1. The number of hydrogen-bond acceptors (Lipinski definition) is 4. The van der Waals surface area contributed by atoms with Gasteiger partial charge in [0, 0.05) is 18.2 Å². The molecule has 0 spiro atoms. The Labute approximate surface area is 138 Å². The predicted octanol–water partition coefficient (Wildman–Crippen LogP) is 3.49. The number of methoxy groups -OCH3 is 1. The van der Waals surface area contributed by atoms with Crippen LogP contribution in [0.15, 0.2) is 36.4 Å². The van der Waals surface area contributed by atoms with Crippen LogP contribution in [0.3, 0.4) is 0 Å². The Morgan fingerprint density at radius 2 is 1.61 bits per heavy atom. The molecule has 2 aromatic carbocycles. The highest BCUT2D eigenvalue weighted by atomic mass is 16.5. The molecule has 0 saturated heterocycles. The van der Waals surface area contributed by atoms with Gasteiger partial charge in [-0.05, 0) is 50.2 Å². The lowest BCUT2D eigenvalue weighted by molar-refractivity contribution is 0.215. The van der Waals surface area contributed by atoms with E-state index >= 15 is 0 Å². The van der Waals surface area contributed by atoms with E-state index in [4.69, 9.17) is 14.2 Å². The second kappa shape index (κ2) is 8.44. The van der Waals surface area contributed by atoms with Gasteiger partial charge in [-0.2, -0.15) is 0 Å². The van der Waals surface area contributed by atoms with E-state index in [1.807, 2.05) is 37.4 Å². The van der Waals surface area contributed by atoms with Gasteiger partial charge in [-0.25, -0.2) is 0 Å². The molecular weight excluding hydrogens is 290 g/mol. The summed E-state index contributed by atoms with van der Waals surface area (Å²) in [6.45, 7) is 5.90. The van der Waals surface area contributed by atoms with Crippen LogP contribution in [0.4, 0.5) is 0 Å². The predicted molar refractivity (Wildman–Crippen MR) is 92.7 cm³/mol. The van der Waals surface area contributed by atoms with Crippen molar-refractivity contribution in [2.45, 2.75) is 20.4 Å². The van der Waals surface area contributed by atoms with Crippen molar-refractivity contribution in [3.05, 3.63) is 53.1 Å². The Hall–Kier alpha value is -2.20. The van der Waals surface area contributed by atoms with Gasteiger partial charge in [0.05, 0.1) is 7.11 Å². The summed E-state index contributed by atoms with van der Waals surface area (Å²) in [4.78, 5) is 0. The standard InChI is InChI=1S/C19H25NO3/c1-14-5-7-18(11-15(14)2)22-9-10-23-19-12-17(21-4)8-6-16(19)13-20-3/h5-8,11-12,20H,9-10,13H2,1-4H3. The number of hydrogen-bond donors (Lipinski definition) is 1. The maximum atomic E-state index is 5.86. The van der Waals surface area contributed by atoms with E-state index in [1.54, 1.807) is 7.11 Å². The molecule has 0 fully saturated rings. The van der Waals surface area contributed by atoms with Gasteiger partial charge in [0.2, 0.25) is 0 Å².